The normalized spacial score (nSPS) is 11.2. The average Bonchev–Trinajstić information content (AvgIpc) is 2.62. The monoisotopic (exact) mass is 366 g/mol. The molecular formula is C22H26N2O3. The van der Waals surface area contributed by atoms with Gasteiger partial charge in [0, 0.05) is 16.9 Å². The molecule has 5 heteroatoms. The number of anilines is 2. The van der Waals surface area contributed by atoms with Crippen LogP contribution in [0, 0.1) is 5.41 Å². The van der Waals surface area contributed by atoms with Crippen LogP contribution >= 0.6 is 0 Å². The van der Waals surface area contributed by atoms with Gasteiger partial charge >= 0.3 is 0 Å². The van der Waals surface area contributed by atoms with E-state index in [2.05, 4.69) is 10.6 Å². The molecule has 0 aliphatic heterocycles. The molecule has 2 rings (SSSR count). The summed E-state index contributed by atoms with van der Waals surface area (Å²) in [6.07, 6.45) is 0. The molecule has 2 aromatic rings. The highest BCUT2D eigenvalue weighted by atomic mass is 16.2. The fraction of sp³-hybridized carbons (Fsp3) is 0.318. The summed E-state index contributed by atoms with van der Waals surface area (Å²) in [5.41, 5.74) is 1.40. The van der Waals surface area contributed by atoms with Gasteiger partial charge in [0.25, 0.3) is 0 Å². The maximum atomic E-state index is 12.8. The SMILES string of the molecule is CC(=O)c1cccc(NC(=O)C(C)(C)C(=O)Nc2ccccc2C(C)C)c1. The molecule has 0 aromatic heterocycles. The number of carbonyl (C=O) groups is 3. The van der Waals surface area contributed by atoms with Crippen LogP contribution in [-0.2, 0) is 9.59 Å². The van der Waals surface area contributed by atoms with Gasteiger partial charge in [-0.25, -0.2) is 0 Å². The van der Waals surface area contributed by atoms with Crippen LogP contribution in [0.25, 0.3) is 0 Å². The van der Waals surface area contributed by atoms with Crippen molar-refractivity contribution in [2.75, 3.05) is 10.6 Å². The van der Waals surface area contributed by atoms with Crippen molar-refractivity contribution < 1.29 is 14.4 Å². The number of hydrogen-bond acceptors (Lipinski definition) is 3. The molecule has 142 valence electrons. The van der Waals surface area contributed by atoms with E-state index in [0.29, 0.717) is 16.9 Å². The number of carbonyl (C=O) groups excluding carboxylic acids is 3. The lowest BCUT2D eigenvalue weighted by Crippen LogP contribution is -2.41. The molecule has 0 unspecified atom stereocenters. The Morgan fingerprint density at radius 3 is 2.15 bits per heavy atom. The lowest BCUT2D eigenvalue weighted by Gasteiger charge is -2.24. The summed E-state index contributed by atoms with van der Waals surface area (Å²) in [6, 6.07) is 14.2. The number of rotatable bonds is 6. The first kappa shape index (κ1) is 20.4. The predicted molar refractivity (Wildman–Crippen MR) is 108 cm³/mol. The second-order valence-electron chi connectivity index (χ2n) is 7.41. The van der Waals surface area contributed by atoms with E-state index < -0.39 is 17.2 Å². The maximum Gasteiger partial charge on any atom is 0.239 e. The molecule has 0 bridgehead atoms. The fourth-order valence-corrected chi connectivity index (χ4v) is 2.60. The second kappa shape index (κ2) is 8.16. The molecule has 0 atom stereocenters. The lowest BCUT2D eigenvalue weighted by atomic mass is 9.90. The van der Waals surface area contributed by atoms with E-state index in [4.69, 9.17) is 0 Å². The van der Waals surface area contributed by atoms with Crippen LogP contribution in [0.2, 0.25) is 0 Å². The minimum atomic E-state index is -1.30. The Morgan fingerprint density at radius 2 is 1.52 bits per heavy atom. The Bertz CT molecular complexity index is 869. The van der Waals surface area contributed by atoms with Crippen molar-refractivity contribution in [2.24, 2.45) is 5.41 Å². The first-order valence-corrected chi connectivity index (χ1v) is 8.95. The third kappa shape index (κ3) is 4.82. The summed E-state index contributed by atoms with van der Waals surface area (Å²) in [5.74, 6) is -0.681. The highest BCUT2D eigenvalue weighted by Crippen LogP contribution is 2.27. The molecule has 5 nitrogen and oxygen atoms in total. The zero-order chi connectivity index (χ0) is 20.2. The van der Waals surface area contributed by atoms with Crippen LogP contribution in [0.1, 0.15) is 56.5 Å². The van der Waals surface area contributed by atoms with Crippen LogP contribution in [0.15, 0.2) is 48.5 Å². The first-order chi connectivity index (χ1) is 12.6. The number of nitrogens with one attached hydrogen (secondary N) is 2. The largest absolute Gasteiger partial charge is 0.325 e. The first-order valence-electron chi connectivity index (χ1n) is 8.95. The Morgan fingerprint density at radius 1 is 0.889 bits per heavy atom. The van der Waals surface area contributed by atoms with Gasteiger partial charge in [-0.2, -0.15) is 0 Å². The highest BCUT2D eigenvalue weighted by Gasteiger charge is 2.36. The van der Waals surface area contributed by atoms with Crippen molar-refractivity contribution in [1.29, 1.82) is 0 Å². The smallest absolute Gasteiger partial charge is 0.239 e. The number of hydrogen-bond donors (Lipinski definition) is 2. The van der Waals surface area contributed by atoms with Gasteiger partial charge in [0.15, 0.2) is 5.78 Å². The van der Waals surface area contributed by atoms with Gasteiger partial charge in [0.2, 0.25) is 11.8 Å². The number of para-hydroxylation sites is 1. The Labute approximate surface area is 160 Å². The summed E-state index contributed by atoms with van der Waals surface area (Å²) < 4.78 is 0. The molecule has 0 aliphatic carbocycles. The average molecular weight is 366 g/mol. The molecular weight excluding hydrogens is 340 g/mol. The van der Waals surface area contributed by atoms with E-state index in [1.54, 1.807) is 38.1 Å². The van der Waals surface area contributed by atoms with Crippen LogP contribution in [0.5, 0.6) is 0 Å². The van der Waals surface area contributed by atoms with Crippen molar-refractivity contribution in [1.82, 2.24) is 0 Å². The van der Waals surface area contributed by atoms with E-state index in [1.807, 2.05) is 38.1 Å². The molecule has 0 saturated heterocycles. The Kier molecular flexibility index (Phi) is 6.16. The quantitative estimate of drug-likeness (QED) is 0.579. The molecule has 0 spiro atoms. The highest BCUT2D eigenvalue weighted by molar-refractivity contribution is 6.14. The summed E-state index contributed by atoms with van der Waals surface area (Å²) in [6.45, 7) is 8.70. The number of benzene rings is 2. The minimum Gasteiger partial charge on any atom is -0.325 e. The molecule has 0 heterocycles. The van der Waals surface area contributed by atoms with Crippen molar-refractivity contribution in [3.8, 4) is 0 Å². The summed E-state index contributed by atoms with van der Waals surface area (Å²) in [7, 11) is 0. The van der Waals surface area contributed by atoms with Gasteiger partial charge in [-0.3, -0.25) is 14.4 Å². The van der Waals surface area contributed by atoms with Crippen LogP contribution < -0.4 is 10.6 Å². The van der Waals surface area contributed by atoms with Gasteiger partial charge in [0.1, 0.15) is 5.41 Å². The summed E-state index contributed by atoms with van der Waals surface area (Å²) in [5, 5.41) is 5.60. The van der Waals surface area contributed by atoms with Crippen molar-refractivity contribution in [2.45, 2.75) is 40.5 Å². The maximum absolute atomic E-state index is 12.8. The number of Topliss-reactive ketones (excluding diaryl/α,β-unsaturated/α-hetero) is 1. The summed E-state index contributed by atoms with van der Waals surface area (Å²) >= 11 is 0. The third-order valence-corrected chi connectivity index (χ3v) is 4.49. The fourth-order valence-electron chi connectivity index (χ4n) is 2.60. The second-order valence-corrected chi connectivity index (χ2v) is 7.41. The van der Waals surface area contributed by atoms with Crippen LogP contribution in [0.3, 0.4) is 0 Å². The topological polar surface area (TPSA) is 75.3 Å². The van der Waals surface area contributed by atoms with Crippen molar-refractivity contribution in [3.63, 3.8) is 0 Å². The molecule has 27 heavy (non-hydrogen) atoms. The van der Waals surface area contributed by atoms with E-state index in [0.717, 1.165) is 5.56 Å². The predicted octanol–water partition coefficient (Wildman–Crippen LogP) is 4.62. The van der Waals surface area contributed by atoms with Gasteiger partial charge < -0.3 is 10.6 Å². The standard InChI is InChI=1S/C22H26N2O3/c1-14(2)18-11-6-7-12-19(18)24-21(27)22(4,5)20(26)23-17-10-8-9-16(13-17)15(3)25/h6-14H,1-5H3,(H,23,26)(H,24,27). The van der Waals surface area contributed by atoms with Crippen LogP contribution in [0.4, 0.5) is 11.4 Å². The van der Waals surface area contributed by atoms with Gasteiger partial charge in [-0.15, -0.1) is 0 Å². The molecule has 0 radical (unpaired) electrons. The Balaban J connectivity index is 2.17. The molecule has 0 aliphatic rings. The molecule has 2 amide bonds. The van der Waals surface area contributed by atoms with E-state index in [-0.39, 0.29) is 11.7 Å². The van der Waals surface area contributed by atoms with E-state index >= 15 is 0 Å². The minimum absolute atomic E-state index is 0.0894. The molecule has 2 aromatic carbocycles. The van der Waals surface area contributed by atoms with Crippen molar-refractivity contribution >= 4 is 29.0 Å². The van der Waals surface area contributed by atoms with Gasteiger partial charge in [-0.1, -0.05) is 44.2 Å². The Hall–Kier alpha value is -2.95. The summed E-state index contributed by atoms with van der Waals surface area (Å²) in [4.78, 5) is 37.0. The van der Waals surface area contributed by atoms with E-state index in [1.165, 1.54) is 6.92 Å². The van der Waals surface area contributed by atoms with Crippen LogP contribution in [-0.4, -0.2) is 17.6 Å². The molecule has 0 saturated carbocycles. The van der Waals surface area contributed by atoms with E-state index in [9.17, 15) is 14.4 Å². The number of ketones is 1. The van der Waals surface area contributed by atoms with Crippen molar-refractivity contribution in [3.05, 3.63) is 59.7 Å². The zero-order valence-electron chi connectivity index (χ0n) is 16.4. The third-order valence-electron chi connectivity index (χ3n) is 4.49. The molecule has 2 N–H and O–H groups in total. The van der Waals surface area contributed by atoms with Gasteiger partial charge in [0.05, 0.1) is 0 Å². The zero-order valence-corrected chi connectivity index (χ0v) is 16.4. The number of amides is 2. The molecule has 0 fully saturated rings. The lowest BCUT2D eigenvalue weighted by molar-refractivity contribution is -0.135. The van der Waals surface area contributed by atoms with Gasteiger partial charge in [-0.05, 0) is 50.5 Å².